The van der Waals surface area contributed by atoms with E-state index >= 15 is 0 Å². The Balaban J connectivity index is 1.68. The molecule has 23 heavy (non-hydrogen) atoms. The maximum Gasteiger partial charge on any atom is 0.254 e. The largest absolute Gasteiger partial charge is 0.456 e. The number of amides is 1. The maximum absolute atomic E-state index is 12.6. The fraction of sp³-hybridized carbons (Fsp3) is 0.333. The first-order valence-corrected chi connectivity index (χ1v) is 7.88. The van der Waals surface area contributed by atoms with Crippen LogP contribution in [0, 0.1) is 0 Å². The van der Waals surface area contributed by atoms with Gasteiger partial charge < -0.3 is 15.4 Å². The molecule has 1 aromatic carbocycles. The van der Waals surface area contributed by atoms with Crippen LogP contribution in [0.1, 0.15) is 30.1 Å². The molecule has 1 fully saturated rings. The molecule has 5 nitrogen and oxygen atoms in total. The average molecular weight is 311 g/mol. The van der Waals surface area contributed by atoms with Crippen LogP contribution in [0.25, 0.3) is 0 Å². The third-order valence-electron chi connectivity index (χ3n) is 4.15. The van der Waals surface area contributed by atoms with Crippen molar-refractivity contribution >= 4 is 5.91 Å². The molecule has 1 aliphatic heterocycles. The van der Waals surface area contributed by atoms with Crippen LogP contribution in [-0.4, -0.2) is 34.4 Å². The summed E-state index contributed by atoms with van der Waals surface area (Å²) in [6.45, 7) is 2.77. The molecule has 120 valence electrons. The van der Waals surface area contributed by atoms with E-state index in [-0.39, 0.29) is 18.0 Å². The Labute approximate surface area is 136 Å². The number of likely N-dealkylation sites (tertiary alicyclic amines) is 1. The van der Waals surface area contributed by atoms with Gasteiger partial charge in [0.15, 0.2) is 0 Å². The van der Waals surface area contributed by atoms with E-state index in [9.17, 15) is 4.79 Å². The van der Waals surface area contributed by atoms with Gasteiger partial charge in [-0.25, -0.2) is 0 Å². The van der Waals surface area contributed by atoms with E-state index in [0.29, 0.717) is 17.1 Å². The Kier molecular flexibility index (Phi) is 4.57. The predicted octanol–water partition coefficient (Wildman–Crippen LogP) is 2.83. The van der Waals surface area contributed by atoms with Crippen molar-refractivity contribution in [3.8, 4) is 11.5 Å². The van der Waals surface area contributed by atoms with Gasteiger partial charge in [-0.1, -0.05) is 0 Å². The van der Waals surface area contributed by atoms with Crippen LogP contribution < -0.4 is 10.5 Å². The Morgan fingerprint density at radius 1 is 1.26 bits per heavy atom. The van der Waals surface area contributed by atoms with E-state index in [2.05, 4.69) is 11.9 Å². The Hall–Kier alpha value is -2.40. The number of aromatic nitrogens is 1. The number of ether oxygens (including phenoxy) is 1. The predicted molar refractivity (Wildman–Crippen MR) is 88.5 cm³/mol. The topological polar surface area (TPSA) is 68.5 Å². The van der Waals surface area contributed by atoms with Crippen LogP contribution in [0.5, 0.6) is 11.5 Å². The van der Waals surface area contributed by atoms with E-state index in [1.165, 1.54) is 0 Å². The highest BCUT2D eigenvalue weighted by atomic mass is 16.5. The number of pyridine rings is 1. The van der Waals surface area contributed by atoms with E-state index in [1.54, 1.807) is 36.7 Å². The zero-order chi connectivity index (χ0) is 16.2. The van der Waals surface area contributed by atoms with Crippen LogP contribution >= 0.6 is 0 Å². The second-order valence-corrected chi connectivity index (χ2v) is 5.95. The summed E-state index contributed by atoms with van der Waals surface area (Å²) < 4.78 is 5.69. The first-order valence-electron chi connectivity index (χ1n) is 7.88. The Morgan fingerprint density at radius 3 is 2.70 bits per heavy atom. The molecule has 0 saturated carbocycles. The number of rotatable bonds is 3. The van der Waals surface area contributed by atoms with Gasteiger partial charge in [0.2, 0.25) is 0 Å². The van der Waals surface area contributed by atoms with Gasteiger partial charge in [0.25, 0.3) is 5.91 Å². The molecule has 5 heteroatoms. The monoisotopic (exact) mass is 311 g/mol. The van der Waals surface area contributed by atoms with E-state index in [4.69, 9.17) is 10.5 Å². The van der Waals surface area contributed by atoms with Gasteiger partial charge in [0.1, 0.15) is 11.5 Å². The number of hydrogen-bond acceptors (Lipinski definition) is 4. The Bertz CT molecular complexity index is 658. The lowest BCUT2D eigenvalue weighted by Crippen LogP contribution is -2.48. The quantitative estimate of drug-likeness (QED) is 0.946. The van der Waals surface area contributed by atoms with Crippen LogP contribution in [0.4, 0.5) is 0 Å². The van der Waals surface area contributed by atoms with Gasteiger partial charge in [-0.15, -0.1) is 0 Å². The van der Waals surface area contributed by atoms with Gasteiger partial charge in [-0.2, -0.15) is 0 Å². The van der Waals surface area contributed by atoms with Crippen molar-refractivity contribution < 1.29 is 9.53 Å². The average Bonchev–Trinajstić information content (AvgIpc) is 2.56. The fourth-order valence-corrected chi connectivity index (χ4v) is 2.89. The normalized spacial score (nSPS) is 21.0. The summed E-state index contributed by atoms with van der Waals surface area (Å²) in [6, 6.07) is 11.2. The summed E-state index contributed by atoms with van der Waals surface area (Å²) in [5.74, 6) is 1.41. The molecule has 1 aliphatic rings. The second kappa shape index (κ2) is 6.79. The number of carbonyl (C=O) groups is 1. The third-order valence-corrected chi connectivity index (χ3v) is 4.15. The maximum atomic E-state index is 12.6. The van der Waals surface area contributed by atoms with Crippen molar-refractivity contribution in [1.29, 1.82) is 0 Å². The highest BCUT2D eigenvalue weighted by Gasteiger charge is 2.27. The van der Waals surface area contributed by atoms with Gasteiger partial charge in [0, 0.05) is 30.4 Å². The van der Waals surface area contributed by atoms with Crippen LogP contribution in [-0.2, 0) is 0 Å². The van der Waals surface area contributed by atoms with Crippen molar-refractivity contribution in [3.63, 3.8) is 0 Å². The van der Waals surface area contributed by atoms with Crippen LogP contribution in [0.3, 0.4) is 0 Å². The van der Waals surface area contributed by atoms with Crippen molar-refractivity contribution in [3.05, 3.63) is 54.4 Å². The number of benzene rings is 1. The summed E-state index contributed by atoms with van der Waals surface area (Å²) in [7, 11) is 0. The number of piperidine rings is 1. The number of hydrogen-bond donors (Lipinski definition) is 1. The minimum Gasteiger partial charge on any atom is -0.456 e. The molecule has 1 saturated heterocycles. The zero-order valence-corrected chi connectivity index (χ0v) is 13.2. The number of nitrogens with two attached hydrogens (primary N) is 1. The summed E-state index contributed by atoms with van der Waals surface area (Å²) in [4.78, 5) is 18.5. The fourth-order valence-electron chi connectivity index (χ4n) is 2.89. The first-order chi connectivity index (χ1) is 11.1. The van der Waals surface area contributed by atoms with Gasteiger partial charge in [-0.05, 0) is 56.2 Å². The summed E-state index contributed by atoms with van der Waals surface area (Å²) in [6.07, 6.45) is 5.06. The van der Waals surface area contributed by atoms with Crippen LogP contribution in [0.2, 0.25) is 0 Å². The minimum atomic E-state index is 0.0531. The summed E-state index contributed by atoms with van der Waals surface area (Å²) in [5, 5.41) is 0. The van der Waals surface area contributed by atoms with Crippen molar-refractivity contribution in [1.82, 2.24) is 9.88 Å². The van der Waals surface area contributed by atoms with E-state index < -0.39 is 0 Å². The van der Waals surface area contributed by atoms with Crippen LogP contribution in [0.15, 0.2) is 48.8 Å². The van der Waals surface area contributed by atoms with Gasteiger partial charge in [0.05, 0.1) is 6.20 Å². The van der Waals surface area contributed by atoms with Crippen molar-refractivity contribution in [2.45, 2.75) is 31.8 Å². The summed E-state index contributed by atoms with van der Waals surface area (Å²) in [5.41, 5.74) is 6.63. The molecule has 1 aromatic heterocycles. The minimum absolute atomic E-state index is 0.0531. The third kappa shape index (κ3) is 3.68. The lowest BCUT2D eigenvalue weighted by Gasteiger charge is -2.36. The highest BCUT2D eigenvalue weighted by Crippen LogP contribution is 2.23. The van der Waals surface area contributed by atoms with Gasteiger partial charge in [-0.3, -0.25) is 9.78 Å². The molecule has 0 bridgehead atoms. The van der Waals surface area contributed by atoms with E-state index in [1.807, 2.05) is 17.0 Å². The van der Waals surface area contributed by atoms with Crippen molar-refractivity contribution in [2.75, 3.05) is 6.54 Å². The number of nitrogens with zero attached hydrogens (tertiary/aromatic N) is 2. The molecule has 0 radical (unpaired) electrons. The zero-order valence-electron chi connectivity index (χ0n) is 13.2. The molecule has 2 heterocycles. The second-order valence-electron chi connectivity index (χ2n) is 5.95. The molecule has 2 aromatic rings. The standard InChI is InChI=1S/C18H21N3O2/c1-13-11-15(19)8-10-21(13)18(22)14-4-6-16(7-5-14)23-17-3-2-9-20-12-17/h2-7,9,12-13,15H,8,10-11,19H2,1H3/t13-,15+/m1/s1. The SMILES string of the molecule is C[C@@H]1C[C@@H](N)CCN1C(=O)c1ccc(Oc2cccnc2)cc1. The first kappa shape index (κ1) is 15.5. The molecular weight excluding hydrogens is 290 g/mol. The molecule has 3 rings (SSSR count). The molecular formula is C18H21N3O2. The lowest BCUT2D eigenvalue weighted by molar-refractivity contribution is 0.0619. The van der Waals surface area contributed by atoms with Crippen molar-refractivity contribution in [2.24, 2.45) is 5.73 Å². The van der Waals surface area contributed by atoms with Gasteiger partial charge >= 0.3 is 0 Å². The van der Waals surface area contributed by atoms with E-state index in [0.717, 1.165) is 19.4 Å². The molecule has 0 aliphatic carbocycles. The number of carbonyl (C=O) groups excluding carboxylic acids is 1. The molecule has 0 spiro atoms. The molecule has 2 atom stereocenters. The smallest absolute Gasteiger partial charge is 0.254 e. The summed E-state index contributed by atoms with van der Waals surface area (Å²) >= 11 is 0. The molecule has 0 unspecified atom stereocenters. The molecule has 1 amide bonds. The lowest BCUT2D eigenvalue weighted by atomic mass is 9.98. The molecule has 2 N–H and O–H groups in total. The Morgan fingerprint density at radius 2 is 2.04 bits per heavy atom. The highest BCUT2D eigenvalue weighted by molar-refractivity contribution is 5.94.